The van der Waals surface area contributed by atoms with E-state index in [1.54, 1.807) is 18.2 Å². The van der Waals surface area contributed by atoms with Gasteiger partial charge in [0.15, 0.2) is 11.5 Å². The molecule has 0 amide bonds. The highest BCUT2D eigenvalue weighted by Gasteiger charge is 2.15. The van der Waals surface area contributed by atoms with E-state index >= 15 is 0 Å². The monoisotopic (exact) mass is 404 g/mol. The molecule has 2 rings (SSSR count). The first-order valence-electron chi connectivity index (χ1n) is 11.9. The molecule has 1 aromatic carbocycles. The molecule has 0 saturated carbocycles. The van der Waals surface area contributed by atoms with Crippen LogP contribution in [0.3, 0.4) is 0 Å². The largest absolute Gasteiger partial charge is 0.454 e. The van der Waals surface area contributed by atoms with Crippen molar-refractivity contribution < 1.29 is 19.0 Å². The second-order valence-corrected chi connectivity index (χ2v) is 8.19. The average molecular weight is 405 g/mol. The summed E-state index contributed by atoms with van der Waals surface area (Å²) in [6.45, 7) is 2.50. The summed E-state index contributed by atoms with van der Waals surface area (Å²) in [6, 6.07) is 5.24. The number of fused-ring (bicyclic) bond motifs is 1. The lowest BCUT2D eigenvalue weighted by Crippen LogP contribution is -2.07. The van der Waals surface area contributed by atoms with Gasteiger partial charge < -0.3 is 14.2 Å². The number of benzene rings is 1. The minimum absolute atomic E-state index is 0.168. The lowest BCUT2D eigenvalue weighted by atomic mass is 10.0. The van der Waals surface area contributed by atoms with E-state index in [4.69, 9.17) is 14.2 Å². The van der Waals surface area contributed by atoms with Gasteiger partial charge in [-0.25, -0.2) is 0 Å². The molecule has 0 unspecified atom stereocenters. The van der Waals surface area contributed by atoms with Crippen LogP contribution in [0.2, 0.25) is 0 Å². The first-order chi connectivity index (χ1) is 14.3. The van der Waals surface area contributed by atoms with Gasteiger partial charge in [0.25, 0.3) is 0 Å². The second-order valence-electron chi connectivity index (χ2n) is 8.19. The highest BCUT2D eigenvalue weighted by molar-refractivity contribution is 5.72. The minimum Gasteiger partial charge on any atom is -0.454 e. The molecule has 164 valence electrons. The van der Waals surface area contributed by atoms with Crippen molar-refractivity contribution >= 4 is 5.97 Å². The van der Waals surface area contributed by atoms with Crippen LogP contribution in [0, 0.1) is 0 Å². The van der Waals surface area contributed by atoms with Gasteiger partial charge in [-0.15, -0.1) is 0 Å². The molecule has 0 atom stereocenters. The van der Waals surface area contributed by atoms with Gasteiger partial charge in [0.05, 0.1) is 0 Å². The molecule has 0 saturated heterocycles. The molecule has 1 aliphatic heterocycles. The Bertz CT molecular complexity index is 570. The molecule has 0 aliphatic carbocycles. The van der Waals surface area contributed by atoms with Gasteiger partial charge in [0, 0.05) is 12.5 Å². The smallest absolute Gasteiger partial charge is 0.311 e. The van der Waals surface area contributed by atoms with Crippen molar-refractivity contribution in [1.29, 1.82) is 0 Å². The Kier molecular flexibility index (Phi) is 12.3. The zero-order chi connectivity index (χ0) is 20.6. The van der Waals surface area contributed by atoms with Crippen LogP contribution in [0.15, 0.2) is 18.2 Å². The first-order valence-corrected chi connectivity index (χ1v) is 11.9. The maximum absolute atomic E-state index is 12.0. The third-order valence-corrected chi connectivity index (χ3v) is 5.56. The quantitative estimate of drug-likeness (QED) is 0.152. The number of hydrogen-bond acceptors (Lipinski definition) is 4. The molecule has 1 aromatic rings. The summed E-state index contributed by atoms with van der Waals surface area (Å²) in [4.78, 5) is 12.0. The molecule has 29 heavy (non-hydrogen) atoms. The standard InChI is InChI=1S/C25H40O4/c1-2-3-4-5-6-7-8-9-10-11-12-13-14-15-16-17-25(26)29-22-18-19-23-24(20-22)28-21-27-23/h18-20H,2-17,21H2,1H3. The van der Waals surface area contributed by atoms with E-state index in [1.807, 2.05) is 0 Å². The van der Waals surface area contributed by atoms with Gasteiger partial charge in [-0.2, -0.15) is 0 Å². The molecule has 0 aromatic heterocycles. The Balaban J connectivity index is 1.35. The number of hydrogen-bond donors (Lipinski definition) is 0. The van der Waals surface area contributed by atoms with Crippen molar-refractivity contribution in [3.63, 3.8) is 0 Å². The van der Waals surface area contributed by atoms with Crippen LogP contribution in [-0.2, 0) is 4.79 Å². The Labute approximate surface area is 177 Å². The van der Waals surface area contributed by atoms with Crippen molar-refractivity contribution in [2.24, 2.45) is 0 Å². The Morgan fingerprint density at radius 1 is 0.759 bits per heavy atom. The van der Waals surface area contributed by atoms with Crippen LogP contribution < -0.4 is 14.2 Å². The zero-order valence-electron chi connectivity index (χ0n) is 18.4. The summed E-state index contributed by atoms with van der Waals surface area (Å²) < 4.78 is 15.9. The van der Waals surface area contributed by atoms with Crippen LogP contribution in [0.5, 0.6) is 17.2 Å². The lowest BCUT2D eigenvalue weighted by molar-refractivity contribution is -0.134. The van der Waals surface area contributed by atoms with E-state index in [-0.39, 0.29) is 12.8 Å². The van der Waals surface area contributed by atoms with E-state index in [2.05, 4.69) is 6.92 Å². The van der Waals surface area contributed by atoms with E-state index in [0.717, 1.165) is 12.8 Å². The number of ether oxygens (including phenoxy) is 3. The topological polar surface area (TPSA) is 44.8 Å². The van der Waals surface area contributed by atoms with Gasteiger partial charge >= 0.3 is 5.97 Å². The lowest BCUT2D eigenvalue weighted by Gasteiger charge is -2.05. The number of esters is 1. The summed E-state index contributed by atoms with van der Waals surface area (Å²) in [5.41, 5.74) is 0. The molecule has 4 nitrogen and oxygen atoms in total. The van der Waals surface area contributed by atoms with Crippen molar-refractivity contribution in [2.75, 3.05) is 6.79 Å². The Morgan fingerprint density at radius 3 is 1.86 bits per heavy atom. The van der Waals surface area contributed by atoms with Crippen molar-refractivity contribution in [2.45, 2.75) is 110 Å². The maximum Gasteiger partial charge on any atom is 0.311 e. The number of unbranched alkanes of at least 4 members (excludes halogenated alkanes) is 14. The highest BCUT2D eigenvalue weighted by atomic mass is 16.7. The number of rotatable bonds is 17. The maximum atomic E-state index is 12.0. The third-order valence-electron chi connectivity index (χ3n) is 5.56. The Hall–Kier alpha value is -1.71. The molecule has 0 N–H and O–H groups in total. The average Bonchev–Trinajstić information content (AvgIpc) is 3.19. The molecule has 1 aliphatic rings. The van der Waals surface area contributed by atoms with Gasteiger partial charge in [-0.1, -0.05) is 96.8 Å². The van der Waals surface area contributed by atoms with Gasteiger partial charge in [-0.3, -0.25) is 4.79 Å². The Morgan fingerprint density at radius 2 is 1.28 bits per heavy atom. The fraction of sp³-hybridized carbons (Fsp3) is 0.720. The van der Waals surface area contributed by atoms with Crippen molar-refractivity contribution in [3.8, 4) is 17.2 Å². The summed E-state index contributed by atoms with van der Waals surface area (Å²) in [7, 11) is 0. The normalized spacial score (nSPS) is 12.3. The zero-order valence-corrected chi connectivity index (χ0v) is 18.4. The number of carbonyl (C=O) groups excluding carboxylic acids is 1. The van der Waals surface area contributed by atoms with E-state index in [9.17, 15) is 4.79 Å². The summed E-state index contributed by atoms with van der Waals surface area (Å²) >= 11 is 0. The van der Waals surface area contributed by atoms with Crippen LogP contribution in [-0.4, -0.2) is 12.8 Å². The molecule has 0 spiro atoms. The molecule has 0 radical (unpaired) electrons. The molecule has 0 bridgehead atoms. The molecule has 1 heterocycles. The van der Waals surface area contributed by atoms with Gasteiger partial charge in [0.1, 0.15) is 5.75 Å². The second kappa shape index (κ2) is 15.2. The van der Waals surface area contributed by atoms with E-state index in [1.165, 1.54) is 83.5 Å². The van der Waals surface area contributed by atoms with E-state index in [0.29, 0.717) is 23.7 Å². The summed E-state index contributed by atoms with van der Waals surface area (Å²) in [5, 5.41) is 0. The van der Waals surface area contributed by atoms with E-state index < -0.39 is 0 Å². The fourth-order valence-corrected chi connectivity index (χ4v) is 3.76. The van der Waals surface area contributed by atoms with Crippen LogP contribution in [0.4, 0.5) is 0 Å². The third kappa shape index (κ3) is 10.6. The van der Waals surface area contributed by atoms with Crippen molar-refractivity contribution in [1.82, 2.24) is 0 Å². The first kappa shape index (κ1) is 23.6. The molecule has 0 fully saturated rings. The van der Waals surface area contributed by atoms with Gasteiger partial charge in [0.2, 0.25) is 6.79 Å². The SMILES string of the molecule is CCCCCCCCCCCCCCCCCC(=O)Oc1ccc2c(c1)OCO2. The molecule has 4 heteroatoms. The molecular weight excluding hydrogens is 364 g/mol. The summed E-state index contributed by atoms with van der Waals surface area (Å²) in [5.74, 6) is 1.70. The number of carbonyl (C=O) groups is 1. The van der Waals surface area contributed by atoms with Gasteiger partial charge in [-0.05, 0) is 18.6 Å². The van der Waals surface area contributed by atoms with Crippen LogP contribution >= 0.6 is 0 Å². The van der Waals surface area contributed by atoms with Crippen LogP contribution in [0.1, 0.15) is 110 Å². The fourth-order valence-electron chi connectivity index (χ4n) is 3.76. The summed E-state index contributed by atoms with van der Waals surface area (Å²) in [6.07, 6.45) is 20.3. The molecular formula is C25H40O4. The highest BCUT2D eigenvalue weighted by Crippen LogP contribution is 2.35. The predicted molar refractivity (Wildman–Crippen MR) is 118 cm³/mol. The minimum atomic E-state index is -0.168. The van der Waals surface area contributed by atoms with Crippen LogP contribution in [0.25, 0.3) is 0 Å². The van der Waals surface area contributed by atoms with Crippen molar-refractivity contribution in [3.05, 3.63) is 18.2 Å². The predicted octanol–water partition coefficient (Wildman–Crippen LogP) is 7.58.